The number of carbonyl (C=O) groups excluding carboxylic acids is 1. The fraction of sp³-hybridized carbons (Fsp3) is 0.381. The Hall–Kier alpha value is -3.34. The second-order valence-electron chi connectivity index (χ2n) is 7.47. The van der Waals surface area contributed by atoms with Gasteiger partial charge in [-0.3, -0.25) is 19.2 Å². The zero-order valence-electron chi connectivity index (χ0n) is 17.8. The average molecular weight is 464 g/mol. The van der Waals surface area contributed by atoms with Crippen LogP contribution >= 0.6 is 0 Å². The zero-order chi connectivity index (χ0) is 23.3. The van der Waals surface area contributed by atoms with Crippen LogP contribution in [-0.2, 0) is 14.8 Å². The molecule has 0 saturated heterocycles. The molecule has 0 spiro atoms. The monoisotopic (exact) mass is 463 g/mol. The van der Waals surface area contributed by atoms with Gasteiger partial charge in [-0.2, -0.15) is 0 Å². The summed E-state index contributed by atoms with van der Waals surface area (Å²) in [4.78, 5) is 22.7. The van der Waals surface area contributed by atoms with E-state index in [2.05, 4.69) is 5.32 Å². The first-order chi connectivity index (χ1) is 15.1. The van der Waals surface area contributed by atoms with Crippen LogP contribution in [-0.4, -0.2) is 51.3 Å². The molecule has 1 heterocycles. The molecule has 0 bridgehead atoms. The van der Waals surface area contributed by atoms with Gasteiger partial charge >= 0.3 is 0 Å². The average Bonchev–Trinajstić information content (AvgIpc) is 2.75. The highest BCUT2D eigenvalue weighted by atomic mass is 32.2. The second kappa shape index (κ2) is 9.86. The van der Waals surface area contributed by atoms with Gasteiger partial charge in [0.2, 0.25) is 15.9 Å². The second-order valence-corrected chi connectivity index (χ2v) is 9.38. The third-order valence-corrected chi connectivity index (χ3v) is 6.11. The van der Waals surface area contributed by atoms with Crippen molar-refractivity contribution in [2.45, 2.75) is 25.9 Å². The summed E-state index contributed by atoms with van der Waals surface area (Å²) >= 11 is 0. The Morgan fingerprint density at radius 3 is 2.66 bits per heavy atom. The molecule has 2 aromatic carbocycles. The van der Waals surface area contributed by atoms with Gasteiger partial charge in [0, 0.05) is 25.1 Å². The van der Waals surface area contributed by atoms with Crippen molar-refractivity contribution < 1.29 is 27.6 Å². The molecule has 1 N–H and O–H groups in total. The molecule has 172 valence electrons. The number of para-hydroxylation sites is 2. The van der Waals surface area contributed by atoms with E-state index in [0.717, 1.165) is 10.6 Å². The predicted octanol–water partition coefficient (Wildman–Crippen LogP) is 2.41. The minimum Gasteiger partial charge on any atom is -0.486 e. The molecule has 3 rings (SSSR count). The molecule has 1 aliphatic heterocycles. The zero-order valence-corrected chi connectivity index (χ0v) is 18.6. The number of rotatable bonds is 9. The van der Waals surface area contributed by atoms with Crippen molar-refractivity contribution in [3.05, 3.63) is 58.1 Å². The number of anilines is 1. The fourth-order valence-electron chi connectivity index (χ4n) is 3.31. The van der Waals surface area contributed by atoms with Crippen LogP contribution in [0, 0.1) is 17.0 Å². The van der Waals surface area contributed by atoms with E-state index >= 15 is 0 Å². The molecule has 0 unspecified atom stereocenters. The van der Waals surface area contributed by atoms with Gasteiger partial charge < -0.3 is 14.8 Å². The summed E-state index contributed by atoms with van der Waals surface area (Å²) in [6, 6.07) is 11.3. The Labute approximate surface area is 186 Å². The van der Waals surface area contributed by atoms with Gasteiger partial charge in [-0.05, 0) is 31.0 Å². The molecule has 1 amide bonds. The summed E-state index contributed by atoms with van der Waals surface area (Å²) in [5, 5.41) is 13.8. The van der Waals surface area contributed by atoms with Crippen molar-refractivity contribution >= 4 is 27.3 Å². The summed E-state index contributed by atoms with van der Waals surface area (Å²) in [6.07, 6.45) is 1.04. The van der Waals surface area contributed by atoms with Crippen LogP contribution in [0.5, 0.6) is 11.5 Å². The maximum Gasteiger partial charge on any atom is 0.271 e. The normalized spacial score (nSPS) is 15.1. The number of hydrogen-bond donors (Lipinski definition) is 1. The highest BCUT2D eigenvalue weighted by Gasteiger charge is 2.23. The van der Waals surface area contributed by atoms with Crippen LogP contribution in [0.2, 0.25) is 0 Å². The van der Waals surface area contributed by atoms with Crippen molar-refractivity contribution in [2.75, 3.05) is 30.3 Å². The predicted molar refractivity (Wildman–Crippen MR) is 119 cm³/mol. The number of non-ortho nitro benzene ring substituents is 1. The fourth-order valence-corrected chi connectivity index (χ4v) is 4.32. The number of amides is 1. The van der Waals surface area contributed by atoms with Crippen LogP contribution in [0.25, 0.3) is 0 Å². The van der Waals surface area contributed by atoms with E-state index in [9.17, 15) is 23.3 Å². The van der Waals surface area contributed by atoms with Crippen LogP contribution in [0.4, 0.5) is 11.4 Å². The van der Waals surface area contributed by atoms with Gasteiger partial charge in [-0.15, -0.1) is 0 Å². The molecule has 0 radical (unpaired) electrons. The number of benzene rings is 2. The number of nitro groups is 1. The molecule has 2 aromatic rings. The van der Waals surface area contributed by atoms with E-state index in [1.807, 2.05) is 12.1 Å². The Morgan fingerprint density at radius 1 is 1.25 bits per heavy atom. The lowest BCUT2D eigenvalue weighted by atomic mass is 10.1. The number of ether oxygens (including phenoxy) is 2. The van der Waals surface area contributed by atoms with Crippen LogP contribution < -0.4 is 19.1 Å². The van der Waals surface area contributed by atoms with E-state index in [1.54, 1.807) is 19.1 Å². The molecule has 0 saturated carbocycles. The quantitative estimate of drug-likeness (QED) is 0.447. The molecule has 0 fully saturated rings. The Kier molecular flexibility index (Phi) is 7.18. The third-order valence-electron chi connectivity index (χ3n) is 4.93. The lowest BCUT2D eigenvalue weighted by Gasteiger charge is -2.26. The minimum absolute atomic E-state index is 0.0185. The van der Waals surface area contributed by atoms with Crippen molar-refractivity contribution in [3.8, 4) is 11.5 Å². The van der Waals surface area contributed by atoms with E-state index in [0.29, 0.717) is 23.7 Å². The molecule has 32 heavy (non-hydrogen) atoms. The maximum atomic E-state index is 12.3. The Bertz CT molecular complexity index is 1100. The van der Waals surface area contributed by atoms with Crippen molar-refractivity contribution in [3.63, 3.8) is 0 Å². The number of sulfonamides is 1. The standard InChI is InChI=1S/C21H25N3O7S/c1-15-9-10-16(24(26)27)12-18(15)23(32(2,28)29)11-5-8-21(25)22-13-17-14-30-19-6-3-4-7-20(19)31-17/h3-4,6-7,9-10,12,17H,5,8,11,13-14H2,1-2H3,(H,22,25)/t17-/m1/s1. The smallest absolute Gasteiger partial charge is 0.271 e. The molecule has 11 heteroatoms. The first kappa shape index (κ1) is 23.3. The Morgan fingerprint density at radius 2 is 1.97 bits per heavy atom. The largest absolute Gasteiger partial charge is 0.486 e. The topological polar surface area (TPSA) is 128 Å². The minimum atomic E-state index is -3.70. The van der Waals surface area contributed by atoms with Crippen molar-refractivity contribution in [2.24, 2.45) is 0 Å². The molecular weight excluding hydrogens is 438 g/mol. The van der Waals surface area contributed by atoms with Crippen LogP contribution in [0.1, 0.15) is 18.4 Å². The molecular formula is C21H25N3O7S. The highest BCUT2D eigenvalue weighted by molar-refractivity contribution is 7.92. The number of nitro benzene ring substituents is 1. The van der Waals surface area contributed by atoms with Gasteiger partial charge in [-0.1, -0.05) is 18.2 Å². The molecule has 10 nitrogen and oxygen atoms in total. The highest BCUT2D eigenvalue weighted by Crippen LogP contribution is 2.31. The first-order valence-electron chi connectivity index (χ1n) is 10.0. The molecule has 0 aromatic heterocycles. The Balaban J connectivity index is 1.54. The molecule has 0 aliphatic carbocycles. The SMILES string of the molecule is Cc1ccc([N+](=O)[O-])cc1N(CCCC(=O)NC[C@@H]1COc2ccccc2O1)S(C)(=O)=O. The lowest BCUT2D eigenvalue weighted by molar-refractivity contribution is -0.384. The first-order valence-corrected chi connectivity index (χ1v) is 11.9. The van der Waals surface area contributed by atoms with Gasteiger partial charge in [-0.25, -0.2) is 8.42 Å². The summed E-state index contributed by atoms with van der Waals surface area (Å²) < 4.78 is 37.1. The van der Waals surface area contributed by atoms with E-state index in [-0.39, 0.29) is 49.3 Å². The van der Waals surface area contributed by atoms with E-state index in [1.165, 1.54) is 18.2 Å². The van der Waals surface area contributed by atoms with E-state index < -0.39 is 14.9 Å². The van der Waals surface area contributed by atoms with Gasteiger partial charge in [0.1, 0.15) is 12.7 Å². The van der Waals surface area contributed by atoms with Gasteiger partial charge in [0.05, 0.1) is 23.4 Å². The van der Waals surface area contributed by atoms with Crippen molar-refractivity contribution in [1.82, 2.24) is 5.32 Å². The van der Waals surface area contributed by atoms with E-state index in [4.69, 9.17) is 9.47 Å². The number of aryl methyl sites for hydroxylation is 1. The lowest BCUT2D eigenvalue weighted by Crippen LogP contribution is -2.41. The summed E-state index contributed by atoms with van der Waals surface area (Å²) in [6.45, 7) is 2.26. The summed E-state index contributed by atoms with van der Waals surface area (Å²) in [7, 11) is -3.70. The van der Waals surface area contributed by atoms with Gasteiger partial charge in [0.15, 0.2) is 11.5 Å². The number of hydrogen-bond acceptors (Lipinski definition) is 7. The molecule has 1 atom stereocenters. The van der Waals surface area contributed by atoms with Crippen LogP contribution in [0.3, 0.4) is 0 Å². The molecule has 1 aliphatic rings. The number of nitrogens with one attached hydrogen (secondary N) is 1. The number of nitrogens with zero attached hydrogens (tertiary/aromatic N) is 2. The summed E-state index contributed by atoms with van der Waals surface area (Å²) in [5.41, 5.74) is 0.613. The summed E-state index contributed by atoms with van der Waals surface area (Å²) in [5.74, 6) is 1.03. The van der Waals surface area contributed by atoms with Crippen molar-refractivity contribution in [1.29, 1.82) is 0 Å². The van der Waals surface area contributed by atoms with Gasteiger partial charge in [0.25, 0.3) is 5.69 Å². The third kappa shape index (κ3) is 5.88. The number of carbonyl (C=O) groups is 1. The maximum absolute atomic E-state index is 12.3. The van der Waals surface area contributed by atoms with Crippen LogP contribution in [0.15, 0.2) is 42.5 Å². The number of fused-ring (bicyclic) bond motifs is 1.